The van der Waals surface area contributed by atoms with Crippen molar-refractivity contribution in [2.24, 2.45) is 0 Å². The summed E-state index contributed by atoms with van der Waals surface area (Å²) in [5.41, 5.74) is -0.605. The Balaban J connectivity index is 1.90. The smallest absolute Gasteiger partial charge is 0.270 e. The Kier molecular flexibility index (Phi) is 7.27. The minimum absolute atomic E-state index is 0.0323. The predicted octanol–water partition coefficient (Wildman–Crippen LogP) is 3.08. The Morgan fingerprint density at radius 3 is 2.75 bits per heavy atom. The van der Waals surface area contributed by atoms with Crippen LogP contribution in [0.25, 0.3) is 0 Å². The molecule has 0 spiro atoms. The van der Waals surface area contributed by atoms with Crippen LogP contribution in [-0.2, 0) is 9.53 Å². The third-order valence-electron chi connectivity index (χ3n) is 4.89. The maximum atomic E-state index is 11.2. The second-order valence-corrected chi connectivity index (χ2v) is 7.64. The van der Waals surface area contributed by atoms with Gasteiger partial charge in [0, 0.05) is 30.0 Å². The third-order valence-corrected chi connectivity index (χ3v) is 4.89. The van der Waals surface area contributed by atoms with Gasteiger partial charge in [0.15, 0.2) is 0 Å². The number of para-hydroxylation sites is 1. The van der Waals surface area contributed by atoms with E-state index in [1.165, 1.54) is 30.5 Å². The molecule has 9 nitrogen and oxygen atoms in total. The van der Waals surface area contributed by atoms with E-state index in [1.54, 1.807) is 31.9 Å². The largest absolute Gasteiger partial charge is 0.485 e. The minimum Gasteiger partial charge on any atom is -0.485 e. The van der Waals surface area contributed by atoms with Crippen molar-refractivity contribution in [3.8, 4) is 11.5 Å². The van der Waals surface area contributed by atoms with Gasteiger partial charge in [0.05, 0.1) is 17.6 Å². The summed E-state index contributed by atoms with van der Waals surface area (Å²) >= 11 is 0. The molecule has 9 heteroatoms. The number of non-ortho nitro benzene ring substituents is 1. The summed E-state index contributed by atoms with van der Waals surface area (Å²) in [6.07, 6.45) is 1.72. The second kappa shape index (κ2) is 10.1. The zero-order chi connectivity index (χ0) is 23.1. The lowest BCUT2D eigenvalue weighted by Crippen LogP contribution is -2.51. The van der Waals surface area contributed by atoms with Crippen LogP contribution in [0.1, 0.15) is 25.5 Å². The standard InChI is InChI=1S/C23H24N2O7/c1-23(2)22(27)21(19-13-16(25(28)29)9-10-20(19)32-23)24-14-18(15-30-12-6-11-26)31-17-7-4-3-5-8-17/h3-10,13-14,21-22,24,27H,12,15H2,1-2H3/t21-,22+/m1/s1. The molecule has 2 aromatic carbocycles. The van der Waals surface area contributed by atoms with Gasteiger partial charge in [-0.15, -0.1) is 0 Å². The molecular formula is C23H24N2O7. The van der Waals surface area contributed by atoms with E-state index >= 15 is 0 Å². The highest BCUT2D eigenvalue weighted by Crippen LogP contribution is 2.41. The van der Waals surface area contributed by atoms with Crippen molar-refractivity contribution >= 4 is 11.6 Å². The molecule has 1 aliphatic heterocycles. The topological polar surface area (TPSA) is 120 Å². The Labute approximate surface area is 185 Å². The fourth-order valence-electron chi connectivity index (χ4n) is 3.26. The van der Waals surface area contributed by atoms with Crippen molar-refractivity contribution < 1.29 is 29.0 Å². The number of ether oxygens (including phenoxy) is 3. The highest BCUT2D eigenvalue weighted by Gasteiger charge is 2.43. The van der Waals surface area contributed by atoms with E-state index < -0.39 is 22.7 Å². The lowest BCUT2D eigenvalue weighted by molar-refractivity contribution is -0.385. The number of nitrogens with one attached hydrogen (secondary N) is 1. The van der Waals surface area contributed by atoms with Crippen molar-refractivity contribution in [2.75, 3.05) is 13.2 Å². The van der Waals surface area contributed by atoms with E-state index in [0.29, 0.717) is 22.8 Å². The van der Waals surface area contributed by atoms with Crippen molar-refractivity contribution in [3.63, 3.8) is 0 Å². The molecule has 0 amide bonds. The number of nitro benzene ring substituents is 1. The van der Waals surface area contributed by atoms with Gasteiger partial charge in [-0.05, 0) is 32.0 Å². The first-order valence-electron chi connectivity index (χ1n) is 9.92. The average Bonchev–Trinajstić information content (AvgIpc) is 2.77. The average molecular weight is 440 g/mol. The molecule has 2 N–H and O–H groups in total. The normalized spacial score (nSPS) is 19.2. The molecule has 3 rings (SSSR count). The zero-order valence-electron chi connectivity index (χ0n) is 17.7. The number of aliphatic hydroxyl groups is 1. The molecule has 32 heavy (non-hydrogen) atoms. The van der Waals surface area contributed by atoms with Crippen LogP contribution >= 0.6 is 0 Å². The van der Waals surface area contributed by atoms with Gasteiger partial charge in [-0.2, -0.15) is 0 Å². The van der Waals surface area contributed by atoms with Crippen LogP contribution in [0, 0.1) is 10.1 Å². The van der Waals surface area contributed by atoms with Gasteiger partial charge in [0.2, 0.25) is 0 Å². The van der Waals surface area contributed by atoms with Gasteiger partial charge < -0.3 is 24.6 Å². The van der Waals surface area contributed by atoms with Crippen molar-refractivity contribution in [2.45, 2.75) is 31.6 Å². The second-order valence-electron chi connectivity index (χ2n) is 7.64. The summed E-state index contributed by atoms with van der Waals surface area (Å²) in [6.45, 7) is 3.55. The maximum absolute atomic E-state index is 11.2. The van der Waals surface area contributed by atoms with E-state index in [9.17, 15) is 20.0 Å². The summed E-state index contributed by atoms with van der Waals surface area (Å²) in [5, 5.41) is 25.3. The molecule has 168 valence electrons. The van der Waals surface area contributed by atoms with Gasteiger partial charge >= 0.3 is 0 Å². The number of nitrogens with zero attached hydrogens (tertiary/aromatic N) is 1. The van der Waals surface area contributed by atoms with Gasteiger partial charge in [0.25, 0.3) is 5.69 Å². The molecule has 2 aromatic rings. The Morgan fingerprint density at radius 2 is 2.06 bits per heavy atom. The summed E-state index contributed by atoms with van der Waals surface area (Å²) < 4.78 is 17.1. The highest BCUT2D eigenvalue weighted by atomic mass is 16.6. The summed E-state index contributed by atoms with van der Waals surface area (Å²) in [4.78, 5) is 21.1. The minimum atomic E-state index is -1.02. The van der Waals surface area contributed by atoms with Gasteiger partial charge in [0.1, 0.15) is 41.5 Å². The van der Waals surface area contributed by atoms with E-state index in [1.807, 2.05) is 18.2 Å². The number of aliphatic hydroxyl groups excluding tert-OH is 1. The highest BCUT2D eigenvalue weighted by molar-refractivity contribution is 5.48. The Bertz CT molecular complexity index is 1030. The fourth-order valence-corrected chi connectivity index (χ4v) is 3.26. The molecule has 0 bridgehead atoms. The van der Waals surface area contributed by atoms with Crippen LogP contribution in [0.5, 0.6) is 11.5 Å². The van der Waals surface area contributed by atoms with E-state index in [2.05, 4.69) is 5.32 Å². The van der Waals surface area contributed by atoms with Crippen molar-refractivity contribution in [3.05, 3.63) is 82.2 Å². The van der Waals surface area contributed by atoms with Crippen LogP contribution in [-0.4, -0.2) is 40.9 Å². The Morgan fingerprint density at radius 1 is 1.31 bits per heavy atom. The van der Waals surface area contributed by atoms with Gasteiger partial charge in [-0.25, -0.2) is 4.79 Å². The Hall–Kier alpha value is -3.65. The first-order chi connectivity index (χ1) is 15.3. The van der Waals surface area contributed by atoms with Gasteiger partial charge in [-0.3, -0.25) is 10.1 Å². The van der Waals surface area contributed by atoms with Crippen LogP contribution < -0.4 is 14.8 Å². The zero-order valence-corrected chi connectivity index (χ0v) is 17.7. The predicted molar refractivity (Wildman–Crippen MR) is 116 cm³/mol. The SMILES string of the molecule is CC1(C)Oc2ccc([N+](=O)[O-])cc2[C@@H](NC=C(COCC=C=O)Oc2ccccc2)[C@@H]1O. The van der Waals surface area contributed by atoms with Crippen molar-refractivity contribution in [1.29, 1.82) is 0 Å². The van der Waals surface area contributed by atoms with E-state index in [0.717, 1.165) is 0 Å². The molecule has 0 saturated heterocycles. The number of benzene rings is 2. The van der Waals surface area contributed by atoms with Crippen LogP contribution in [0.2, 0.25) is 0 Å². The lowest BCUT2D eigenvalue weighted by Gasteiger charge is -2.42. The van der Waals surface area contributed by atoms with E-state index in [4.69, 9.17) is 14.2 Å². The third kappa shape index (κ3) is 5.53. The number of hydrogen-bond acceptors (Lipinski definition) is 8. The number of fused-ring (bicyclic) bond motifs is 1. The molecule has 0 saturated carbocycles. The molecule has 1 heterocycles. The number of rotatable bonds is 9. The first kappa shape index (κ1) is 23.0. The van der Waals surface area contributed by atoms with Crippen LogP contribution in [0.4, 0.5) is 5.69 Å². The summed E-state index contributed by atoms with van der Waals surface area (Å²) in [5.74, 6) is 3.02. The first-order valence-corrected chi connectivity index (χ1v) is 9.92. The number of nitro groups is 1. The molecule has 1 aliphatic rings. The monoisotopic (exact) mass is 440 g/mol. The molecule has 0 fully saturated rings. The molecule has 2 atom stereocenters. The fraction of sp³-hybridized carbons (Fsp3) is 0.304. The van der Waals surface area contributed by atoms with E-state index in [-0.39, 0.29) is 18.9 Å². The molecule has 0 radical (unpaired) electrons. The molecule has 0 aliphatic carbocycles. The summed E-state index contributed by atoms with van der Waals surface area (Å²) in [7, 11) is 0. The summed E-state index contributed by atoms with van der Waals surface area (Å²) in [6, 6.07) is 12.6. The molecule has 0 unspecified atom stereocenters. The molecule has 0 aromatic heterocycles. The molecular weight excluding hydrogens is 416 g/mol. The van der Waals surface area contributed by atoms with Crippen LogP contribution in [0.15, 0.2) is 66.6 Å². The van der Waals surface area contributed by atoms with Crippen LogP contribution in [0.3, 0.4) is 0 Å². The maximum Gasteiger partial charge on any atom is 0.270 e. The van der Waals surface area contributed by atoms with Crippen molar-refractivity contribution in [1.82, 2.24) is 5.32 Å². The van der Waals surface area contributed by atoms with Gasteiger partial charge in [-0.1, -0.05) is 18.2 Å². The lowest BCUT2D eigenvalue weighted by atomic mass is 9.86. The number of carbonyl (C=O) groups excluding carboxylic acids is 1. The number of hydrogen-bond donors (Lipinski definition) is 2. The quantitative estimate of drug-likeness (QED) is 0.201.